The molecule has 0 bridgehead atoms. The highest BCUT2D eigenvalue weighted by Crippen LogP contribution is 2.23. The SMILES string of the molecule is O=C(COc1ccc(F)cc1F)N1CCOC(c2ccc(F)cc2)C1. The minimum atomic E-state index is -0.862. The number of morpholine rings is 1. The summed E-state index contributed by atoms with van der Waals surface area (Å²) in [6.07, 6.45) is -0.360. The Bertz CT molecular complexity index is 752. The Morgan fingerprint density at radius 1 is 1.12 bits per heavy atom. The number of carbonyl (C=O) groups is 1. The second-order valence-corrected chi connectivity index (χ2v) is 5.61. The van der Waals surface area contributed by atoms with Crippen LogP contribution in [0.2, 0.25) is 0 Å². The van der Waals surface area contributed by atoms with Crippen molar-refractivity contribution in [3.8, 4) is 5.75 Å². The van der Waals surface area contributed by atoms with Crippen molar-refractivity contribution in [1.29, 1.82) is 0 Å². The molecule has 1 fully saturated rings. The van der Waals surface area contributed by atoms with Crippen molar-refractivity contribution in [2.45, 2.75) is 6.10 Å². The van der Waals surface area contributed by atoms with E-state index in [9.17, 15) is 18.0 Å². The number of carbonyl (C=O) groups excluding carboxylic acids is 1. The summed E-state index contributed by atoms with van der Waals surface area (Å²) in [5.74, 6) is -2.44. The predicted octanol–water partition coefficient (Wildman–Crippen LogP) is 3.08. The molecule has 1 heterocycles. The van der Waals surface area contributed by atoms with Crippen molar-refractivity contribution in [2.24, 2.45) is 0 Å². The number of hydrogen-bond donors (Lipinski definition) is 0. The van der Waals surface area contributed by atoms with E-state index in [0.717, 1.165) is 17.7 Å². The molecule has 4 nitrogen and oxygen atoms in total. The Labute approximate surface area is 142 Å². The molecule has 1 atom stereocenters. The number of rotatable bonds is 4. The van der Waals surface area contributed by atoms with E-state index in [1.165, 1.54) is 12.1 Å². The molecule has 0 saturated carbocycles. The molecule has 0 N–H and O–H groups in total. The topological polar surface area (TPSA) is 38.8 Å². The third-order valence-corrected chi connectivity index (χ3v) is 3.91. The van der Waals surface area contributed by atoms with Crippen LogP contribution in [-0.4, -0.2) is 37.1 Å². The average Bonchev–Trinajstić information content (AvgIpc) is 2.61. The molecule has 0 spiro atoms. The van der Waals surface area contributed by atoms with Gasteiger partial charge in [-0.05, 0) is 29.8 Å². The molecule has 0 aliphatic carbocycles. The minimum Gasteiger partial charge on any atom is -0.481 e. The molecule has 1 amide bonds. The van der Waals surface area contributed by atoms with E-state index in [1.807, 2.05) is 0 Å². The number of hydrogen-bond acceptors (Lipinski definition) is 3. The van der Waals surface area contributed by atoms with Crippen LogP contribution in [0.1, 0.15) is 11.7 Å². The van der Waals surface area contributed by atoms with Gasteiger partial charge in [-0.15, -0.1) is 0 Å². The molecule has 1 aliphatic rings. The number of benzene rings is 2. The second-order valence-electron chi connectivity index (χ2n) is 5.61. The summed E-state index contributed by atoms with van der Waals surface area (Å²) in [5.41, 5.74) is 0.768. The van der Waals surface area contributed by atoms with Crippen LogP contribution < -0.4 is 4.74 Å². The number of halogens is 3. The number of ether oxygens (including phenoxy) is 2. The quantitative estimate of drug-likeness (QED) is 0.850. The van der Waals surface area contributed by atoms with Crippen LogP contribution in [0.3, 0.4) is 0 Å². The van der Waals surface area contributed by atoms with E-state index in [1.54, 1.807) is 17.0 Å². The van der Waals surface area contributed by atoms with E-state index >= 15 is 0 Å². The monoisotopic (exact) mass is 351 g/mol. The van der Waals surface area contributed by atoms with Gasteiger partial charge in [-0.3, -0.25) is 4.79 Å². The van der Waals surface area contributed by atoms with E-state index < -0.39 is 11.6 Å². The first-order valence-electron chi connectivity index (χ1n) is 7.75. The summed E-state index contributed by atoms with van der Waals surface area (Å²) >= 11 is 0. The summed E-state index contributed by atoms with van der Waals surface area (Å²) < 4.78 is 50.1. The highest BCUT2D eigenvalue weighted by atomic mass is 19.1. The molecule has 2 aromatic carbocycles. The van der Waals surface area contributed by atoms with Crippen molar-refractivity contribution < 1.29 is 27.4 Å². The molecule has 0 aromatic heterocycles. The lowest BCUT2D eigenvalue weighted by Crippen LogP contribution is -2.44. The van der Waals surface area contributed by atoms with Gasteiger partial charge in [0.1, 0.15) is 17.7 Å². The van der Waals surface area contributed by atoms with Gasteiger partial charge >= 0.3 is 0 Å². The molecule has 0 radical (unpaired) electrons. The molecule has 7 heteroatoms. The van der Waals surface area contributed by atoms with Crippen molar-refractivity contribution in [3.63, 3.8) is 0 Å². The zero-order valence-electron chi connectivity index (χ0n) is 13.3. The van der Waals surface area contributed by atoms with Gasteiger partial charge in [0.25, 0.3) is 5.91 Å². The van der Waals surface area contributed by atoms with Crippen LogP contribution in [0.15, 0.2) is 42.5 Å². The van der Waals surface area contributed by atoms with Crippen LogP contribution in [0.25, 0.3) is 0 Å². The lowest BCUT2D eigenvalue weighted by Gasteiger charge is -2.33. The van der Waals surface area contributed by atoms with Crippen molar-refractivity contribution in [3.05, 3.63) is 65.5 Å². The molecule has 1 aliphatic heterocycles. The molecule has 2 aromatic rings. The Hall–Kier alpha value is -2.54. The molecular weight excluding hydrogens is 335 g/mol. The fraction of sp³-hybridized carbons (Fsp3) is 0.278. The van der Waals surface area contributed by atoms with Crippen LogP contribution >= 0.6 is 0 Å². The minimum absolute atomic E-state index is 0.182. The molecule has 1 saturated heterocycles. The maximum Gasteiger partial charge on any atom is 0.260 e. The normalized spacial score (nSPS) is 17.4. The second kappa shape index (κ2) is 7.57. The zero-order chi connectivity index (χ0) is 17.8. The Morgan fingerprint density at radius 2 is 1.84 bits per heavy atom. The predicted molar refractivity (Wildman–Crippen MR) is 83.5 cm³/mol. The standard InChI is InChI=1S/C18H16F3NO3/c19-13-3-1-12(2-4-13)17-10-22(7-8-24-17)18(23)11-25-16-6-5-14(20)9-15(16)21/h1-6,9,17H,7-8,10-11H2. The van der Waals surface area contributed by atoms with Gasteiger partial charge in [0.05, 0.1) is 13.2 Å². The van der Waals surface area contributed by atoms with Gasteiger partial charge in [0.15, 0.2) is 18.2 Å². The van der Waals surface area contributed by atoms with E-state index in [4.69, 9.17) is 9.47 Å². The maximum absolute atomic E-state index is 13.5. The molecule has 25 heavy (non-hydrogen) atoms. The lowest BCUT2D eigenvalue weighted by molar-refractivity contribution is -0.141. The largest absolute Gasteiger partial charge is 0.481 e. The summed E-state index contributed by atoms with van der Waals surface area (Å²) in [6.45, 7) is 0.642. The number of nitrogens with zero attached hydrogens (tertiary/aromatic N) is 1. The first-order valence-corrected chi connectivity index (χ1v) is 7.75. The zero-order valence-corrected chi connectivity index (χ0v) is 13.3. The lowest BCUT2D eigenvalue weighted by atomic mass is 10.1. The van der Waals surface area contributed by atoms with Crippen molar-refractivity contribution >= 4 is 5.91 Å². The van der Waals surface area contributed by atoms with Crippen LogP contribution in [-0.2, 0) is 9.53 Å². The first kappa shape index (κ1) is 17.3. The van der Waals surface area contributed by atoms with Gasteiger partial charge in [-0.2, -0.15) is 0 Å². The molecule has 1 unspecified atom stereocenters. The van der Waals surface area contributed by atoms with Gasteiger partial charge in [0, 0.05) is 12.6 Å². The Morgan fingerprint density at radius 3 is 2.56 bits per heavy atom. The number of amides is 1. The van der Waals surface area contributed by atoms with Gasteiger partial charge in [-0.25, -0.2) is 13.2 Å². The highest BCUT2D eigenvalue weighted by Gasteiger charge is 2.25. The fourth-order valence-electron chi connectivity index (χ4n) is 2.58. The molecular formula is C18H16F3NO3. The summed E-state index contributed by atoms with van der Waals surface area (Å²) in [7, 11) is 0. The molecule has 132 valence electrons. The van der Waals surface area contributed by atoms with Crippen molar-refractivity contribution in [1.82, 2.24) is 4.90 Å². The van der Waals surface area contributed by atoms with Gasteiger partial charge in [-0.1, -0.05) is 12.1 Å². The maximum atomic E-state index is 13.5. The van der Waals surface area contributed by atoms with Crippen LogP contribution in [0, 0.1) is 17.5 Å². The Kier molecular flexibility index (Phi) is 5.23. The Balaban J connectivity index is 1.59. The third kappa shape index (κ3) is 4.30. The van der Waals surface area contributed by atoms with Gasteiger partial charge in [0.2, 0.25) is 0 Å². The highest BCUT2D eigenvalue weighted by molar-refractivity contribution is 5.78. The fourth-order valence-corrected chi connectivity index (χ4v) is 2.58. The molecule has 3 rings (SSSR count). The average molecular weight is 351 g/mol. The van der Waals surface area contributed by atoms with E-state index in [2.05, 4.69) is 0 Å². The first-order chi connectivity index (χ1) is 12.0. The summed E-state index contributed by atoms with van der Waals surface area (Å²) in [4.78, 5) is 13.8. The summed E-state index contributed by atoms with van der Waals surface area (Å²) in [5, 5.41) is 0. The van der Waals surface area contributed by atoms with Crippen LogP contribution in [0.5, 0.6) is 5.75 Å². The van der Waals surface area contributed by atoms with E-state index in [-0.39, 0.29) is 30.2 Å². The van der Waals surface area contributed by atoms with E-state index in [0.29, 0.717) is 25.8 Å². The summed E-state index contributed by atoms with van der Waals surface area (Å²) in [6, 6.07) is 8.77. The van der Waals surface area contributed by atoms with Crippen molar-refractivity contribution in [2.75, 3.05) is 26.3 Å². The van der Waals surface area contributed by atoms with Gasteiger partial charge < -0.3 is 14.4 Å². The third-order valence-electron chi connectivity index (χ3n) is 3.91. The van der Waals surface area contributed by atoms with Crippen LogP contribution in [0.4, 0.5) is 13.2 Å². The smallest absolute Gasteiger partial charge is 0.260 e.